The van der Waals surface area contributed by atoms with Crippen LogP contribution in [-0.2, 0) is 16.0 Å². The van der Waals surface area contributed by atoms with Gasteiger partial charge in [-0.3, -0.25) is 4.79 Å². The number of carbonyl (C=O) groups excluding carboxylic acids is 1. The highest BCUT2D eigenvalue weighted by atomic mass is 32.2. The summed E-state index contributed by atoms with van der Waals surface area (Å²) in [6.45, 7) is 0. The van der Waals surface area contributed by atoms with Crippen molar-refractivity contribution in [2.24, 2.45) is 0 Å². The predicted octanol–water partition coefficient (Wildman–Crippen LogP) is 0.638. The number of carboxylic acid groups (broad SMARTS) is 1. The second-order valence-electron chi connectivity index (χ2n) is 3.80. The molecule has 0 saturated carbocycles. The van der Waals surface area contributed by atoms with Crippen molar-refractivity contribution in [1.82, 2.24) is 5.32 Å². The predicted molar refractivity (Wildman–Crippen MR) is 68.9 cm³/mol. The number of amides is 1. The number of hydrogen-bond donors (Lipinski definition) is 2. The SMILES string of the molecule is C[S+]([O-])CCC(NC(=O)c1ccccc1)C(=O)O. The lowest BCUT2D eigenvalue weighted by molar-refractivity contribution is -0.139. The lowest BCUT2D eigenvalue weighted by atomic mass is 10.1. The van der Waals surface area contributed by atoms with Crippen LogP contribution in [0.1, 0.15) is 16.8 Å². The maximum Gasteiger partial charge on any atom is 0.326 e. The average molecular weight is 269 g/mol. The van der Waals surface area contributed by atoms with E-state index in [1.807, 2.05) is 0 Å². The molecule has 98 valence electrons. The van der Waals surface area contributed by atoms with E-state index < -0.39 is 29.1 Å². The molecule has 2 unspecified atom stereocenters. The van der Waals surface area contributed by atoms with Gasteiger partial charge < -0.3 is 15.0 Å². The summed E-state index contributed by atoms with van der Waals surface area (Å²) in [5.74, 6) is -1.32. The van der Waals surface area contributed by atoms with Gasteiger partial charge in [0.15, 0.2) is 0 Å². The molecule has 0 aromatic heterocycles. The summed E-state index contributed by atoms with van der Waals surface area (Å²) < 4.78 is 10.9. The largest absolute Gasteiger partial charge is 0.617 e. The summed E-state index contributed by atoms with van der Waals surface area (Å²) in [5, 5.41) is 11.4. The first-order valence-corrected chi connectivity index (χ1v) is 7.12. The summed E-state index contributed by atoms with van der Waals surface area (Å²) in [6, 6.07) is 7.36. The maximum atomic E-state index is 11.8. The van der Waals surface area contributed by atoms with Gasteiger partial charge in [0.1, 0.15) is 11.8 Å². The number of carbonyl (C=O) groups is 2. The standard InChI is InChI=1S/C12H15NO4S/c1-18(17)8-7-10(12(15)16)13-11(14)9-5-3-2-4-6-9/h2-6,10H,7-8H2,1H3,(H,13,14)(H,15,16). The van der Waals surface area contributed by atoms with Gasteiger partial charge in [0.2, 0.25) is 0 Å². The monoisotopic (exact) mass is 269 g/mol. The first-order chi connectivity index (χ1) is 8.50. The van der Waals surface area contributed by atoms with E-state index >= 15 is 0 Å². The van der Waals surface area contributed by atoms with Gasteiger partial charge in [-0.15, -0.1) is 0 Å². The van der Waals surface area contributed by atoms with Gasteiger partial charge in [0, 0.05) is 12.0 Å². The van der Waals surface area contributed by atoms with E-state index in [4.69, 9.17) is 5.11 Å². The molecular formula is C12H15NO4S. The van der Waals surface area contributed by atoms with Crippen molar-refractivity contribution >= 4 is 23.1 Å². The van der Waals surface area contributed by atoms with Crippen LogP contribution in [0.2, 0.25) is 0 Å². The van der Waals surface area contributed by atoms with Crippen molar-refractivity contribution in [3.63, 3.8) is 0 Å². The van der Waals surface area contributed by atoms with Crippen molar-refractivity contribution in [2.75, 3.05) is 12.0 Å². The van der Waals surface area contributed by atoms with Gasteiger partial charge in [0.25, 0.3) is 5.91 Å². The van der Waals surface area contributed by atoms with Crippen molar-refractivity contribution in [3.8, 4) is 0 Å². The highest BCUT2D eigenvalue weighted by Crippen LogP contribution is 2.02. The zero-order valence-electron chi connectivity index (χ0n) is 9.96. The normalized spacial score (nSPS) is 13.7. The van der Waals surface area contributed by atoms with Crippen molar-refractivity contribution in [2.45, 2.75) is 12.5 Å². The molecule has 1 aromatic rings. The van der Waals surface area contributed by atoms with Crippen LogP contribution in [0, 0.1) is 0 Å². The molecule has 1 amide bonds. The van der Waals surface area contributed by atoms with E-state index in [1.165, 1.54) is 6.26 Å². The molecule has 6 heteroatoms. The second-order valence-corrected chi connectivity index (χ2v) is 5.35. The topological polar surface area (TPSA) is 89.5 Å². The lowest BCUT2D eigenvalue weighted by Crippen LogP contribution is -2.41. The Hall–Kier alpha value is -1.53. The molecule has 0 aliphatic carbocycles. The van der Waals surface area contributed by atoms with E-state index in [2.05, 4.69) is 5.32 Å². The quantitative estimate of drug-likeness (QED) is 0.742. The minimum atomic E-state index is -1.12. The van der Waals surface area contributed by atoms with Crippen LogP contribution >= 0.6 is 0 Å². The minimum absolute atomic E-state index is 0.150. The van der Waals surface area contributed by atoms with Gasteiger partial charge >= 0.3 is 5.97 Å². The number of rotatable bonds is 6. The Morgan fingerprint density at radius 3 is 2.50 bits per heavy atom. The molecule has 1 rings (SSSR count). The summed E-state index contributed by atoms with van der Waals surface area (Å²) in [7, 11) is 0. The highest BCUT2D eigenvalue weighted by Gasteiger charge is 2.21. The van der Waals surface area contributed by atoms with E-state index in [0.29, 0.717) is 5.56 Å². The third-order valence-electron chi connectivity index (χ3n) is 2.33. The Balaban J connectivity index is 2.61. The Bertz CT molecular complexity index is 408. The molecule has 5 nitrogen and oxygen atoms in total. The number of benzene rings is 1. The molecule has 2 N–H and O–H groups in total. The number of nitrogens with one attached hydrogen (secondary N) is 1. The Morgan fingerprint density at radius 1 is 1.39 bits per heavy atom. The summed E-state index contributed by atoms with van der Waals surface area (Å²) in [4.78, 5) is 22.7. The van der Waals surface area contributed by atoms with Gasteiger partial charge in [-0.1, -0.05) is 29.4 Å². The summed E-state index contributed by atoms with van der Waals surface area (Å²) >= 11 is -1.08. The molecule has 1 aromatic carbocycles. The van der Waals surface area contributed by atoms with Gasteiger partial charge in [-0.2, -0.15) is 0 Å². The van der Waals surface area contributed by atoms with Gasteiger partial charge in [-0.25, -0.2) is 4.79 Å². The molecule has 0 radical (unpaired) electrons. The van der Waals surface area contributed by atoms with E-state index in [-0.39, 0.29) is 12.2 Å². The van der Waals surface area contributed by atoms with Crippen LogP contribution in [0.25, 0.3) is 0 Å². The number of aliphatic carboxylic acids is 1. The smallest absolute Gasteiger partial charge is 0.326 e. The van der Waals surface area contributed by atoms with Crippen LogP contribution < -0.4 is 5.32 Å². The third-order valence-corrected chi connectivity index (χ3v) is 3.14. The fraction of sp³-hybridized carbons (Fsp3) is 0.333. The molecule has 0 fully saturated rings. The van der Waals surface area contributed by atoms with Crippen molar-refractivity contribution in [1.29, 1.82) is 0 Å². The van der Waals surface area contributed by atoms with Crippen LogP contribution in [-0.4, -0.2) is 39.6 Å². The number of hydrogen-bond acceptors (Lipinski definition) is 3. The van der Waals surface area contributed by atoms with E-state index in [9.17, 15) is 14.1 Å². The second kappa shape index (κ2) is 7.03. The first kappa shape index (κ1) is 14.5. The molecule has 0 bridgehead atoms. The van der Waals surface area contributed by atoms with Crippen LogP contribution in [0.3, 0.4) is 0 Å². The molecule has 0 aliphatic heterocycles. The van der Waals surface area contributed by atoms with Gasteiger partial charge in [0.05, 0.1) is 6.26 Å². The van der Waals surface area contributed by atoms with Crippen LogP contribution in [0.4, 0.5) is 0 Å². The zero-order valence-corrected chi connectivity index (χ0v) is 10.8. The molecule has 0 spiro atoms. The van der Waals surface area contributed by atoms with Gasteiger partial charge in [-0.05, 0) is 12.1 Å². The minimum Gasteiger partial charge on any atom is -0.617 e. The van der Waals surface area contributed by atoms with E-state index in [1.54, 1.807) is 30.3 Å². The van der Waals surface area contributed by atoms with E-state index in [0.717, 1.165) is 0 Å². The fourth-order valence-corrected chi connectivity index (χ4v) is 1.94. The van der Waals surface area contributed by atoms with Crippen molar-refractivity contribution < 1.29 is 19.2 Å². The Labute approximate surface area is 108 Å². The number of carboxylic acids is 1. The fourth-order valence-electron chi connectivity index (χ4n) is 1.37. The Morgan fingerprint density at radius 2 is 2.00 bits per heavy atom. The maximum absolute atomic E-state index is 11.8. The lowest BCUT2D eigenvalue weighted by Gasteiger charge is -2.14. The van der Waals surface area contributed by atoms with Crippen LogP contribution in [0.5, 0.6) is 0 Å². The summed E-state index contributed by atoms with van der Waals surface area (Å²) in [6.07, 6.45) is 1.65. The first-order valence-electron chi connectivity index (χ1n) is 5.39. The Kier molecular flexibility index (Phi) is 5.67. The molecular weight excluding hydrogens is 254 g/mol. The third kappa shape index (κ3) is 4.77. The summed E-state index contributed by atoms with van der Waals surface area (Å²) in [5.41, 5.74) is 0.404. The molecule has 2 atom stereocenters. The highest BCUT2D eigenvalue weighted by molar-refractivity contribution is 7.90. The molecule has 0 saturated heterocycles. The zero-order chi connectivity index (χ0) is 13.5. The molecule has 0 heterocycles. The van der Waals surface area contributed by atoms with Crippen molar-refractivity contribution in [3.05, 3.63) is 35.9 Å². The van der Waals surface area contributed by atoms with Crippen LogP contribution in [0.15, 0.2) is 30.3 Å². The molecule has 0 aliphatic rings. The average Bonchev–Trinajstić information content (AvgIpc) is 2.34. The molecule has 18 heavy (non-hydrogen) atoms.